The molecular weight excluding hydrogens is 332 g/mol. The Bertz CT molecular complexity index is 905. The molecule has 0 unspecified atom stereocenters. The minimum atomic E-state index is -0.0523. The number of phenolic OH excluding ortho intramolecular Hbond substituents is 1. The molecule has 2 aromatic carbocycles. The van der Waals surface area contributed by atoms with Crippen LogP contribution in [0.15, 0.2) is 42.5 Å². The average Bonchev–Trinajstić information content (AvgIpc) is 2.65. The van der Waals surface area contributed by atoms with Gasteiger partial charge in [-0.15, -0.1) is 0 Å². The van der Waals surface area contributed by atoms with Gasteiger partial charge in [0.05, 0.1) is 19.9 Å². The van der Waals surface area contributed by atoms with E-state index >= 15 is 0 Å². The number of rotatable bonds is 5. The van der Waals surface area contributed by atoms with E-state index in [4.69, 9.17) is 20.9 Å². The normalized spacial score (nSPS) is 10.5. The fraction of sp³-hybridized carbons (Fsp3) is 0.158. The Hall–Kier alpha value is -3.48. The Balaban J connectivity index is 2.11. The molecule has 7 heteroatoms. The molecule has 0 aliphatic rings. The van der Waals surface area contributed by atoms with Crippen LogP contribution < -0.4 is 20.9 Å². The second-order valence-corrected chi connectivity index (χ2v) is 5.69. The zero-order valence-electron chi connectivity index (χ0n) is 14.6. The zero-order chi connectivity index (χ0) is 18.7. The number of aromatic nitrogens is 2. The van der Waals surface area contributed by atoms with Crippen molar-refractivity contribution >= 4 is 11.8 Å². The molecule has 1 heterocycles. The van der Waals surface area contributed by atoms with Crippen molar-refractivity contribution in [1.82, 2.24) is 9.97 Å². The minimum Gasteiger partial charge on any atom is -0.502 e. The van der Waals surface area contributed by atoms with Gasteiger partial charge >= 0.3 is 0 Å². The summed E-state index contributed by atoms with van der Waals surface area (Å²) in [6.45, 7) is 0. The Morgan fingerprint density at radius 1 is 0.962 bits per heavy atom. The van der Waals surface area contributed by atoms with Crippen molar-refractivity contribution in [3.8, 4) is 28.5 Å². The molecule has 0 bridgehead atoms. The Kier molecular flexibility index (Phi) is 4.79. The van der Waals surface area contributed by atoms with Gasteiger partial charge in [-0.3, -0.25) is 0 Å². The van der Waals surface area contributed by atoms with Gasteiger partial charge in [-0.25, -0.2) is 4.98 Å². The summed E-state index contributed by atoms with van der Waals surface area (Å²) in [7, 11) is 2.96. The topological polar surface area (TPSA) is 117 Å². The summed E-state index contributed by atoms with van der Waals surface area (Å²) < 4.78 is 10.4. The number of nitrogens with two attached hydrogens (primary N) is 2. The van der Waals surface area contributed by atoms with Gasteiger partial charge in [0, 0.05) is 17.5 Å². The third-order valence-corrected chi connectivity index (χ3v) is 4.02. The highest BCUT2D eigenvalue weighted by Crippen LogP contribution is 2.38. The van der Waals surface area contributed by atoms with E-state index in [0.717, 1.165) is 16.7 Å². The summed E-state index contributed by atoms with van der Waals surface area (Å²) in [4.78, 5) is 8.47. The molecule has 7 nitrogen and oxygen atoms in total. The summed E-state index contributed by atoms with van der Waals surface area (Å²) in [5.41, 5.74) is 15.1. The van der Waals surface area contributed by atoms with Gasteiger partial charge in [0.1, 0.15) is 5.82 Å². The fourth-order valence-electron chi connectivity index (χ4n) is 2.78. The van der Waals surface area contributed by atoms with Crippen molar-refractivity contribution in [2.75, 3.05) is 25.7 Å². The van der Waals surface area contributed by atoms with Gasteiger partial charge in [-0.05, 0) is 17.7 Å². The molecule has 0 aliphatic heterocycles. The number of phenols is 1. The van der Waals surface area contributed by atoms with E-state index in [1.165, 1.54) is 14.2 Å². The van der Waals surface area contributed by atoms with Crippen LogP contribution >= 0.6 is 0 Å². The molecule has 0 fully saturated rings. The van der Waals surface area contributed by atoms with Gasteiger partial charge < -0.3 is 26.0 Å². The van der Waals surface area contributed by atoms with E-state index in [1.54, 1.807) is 12.1 Å². The first-order valence-corrected chi connectivity index (χ1v) is 7.94. The van der Waals surface area contributed by atoms with Gasteiger partial charge in [0.25, 0.3) is 0 Å². The monoisotopic (exact) mass is 352 g/mol. The maximum atomic E-state index is 10.1. The molecule has 0 atom stereocenters. The van der Waals surface area contributed by atoms with Crippen LogP contribution in [0.1, 0.15) is 11.1 Å². The predicted molar refractivity (Wildman–Crippen MR) is 100 cm³/mol. The molecule has 134 valence electrons. The largest absolute Gasteiger partial charge is 0.502 e. The predicted octanol–water partition coefficient (Wildman–Crippen LogP) is 2.62. The number of ether oxygens (including phenoxy) is 2. The first-order valence-electron chi connectivity index (χ1n) is 7.94. The molecule has 5 N–H and O–H groups in total. The van der Waals surface area contributed by atoms with E-state index in [2.05, 4.69) is 9.97 Å². The number of nitrogens with zero attached hydrogens (tertiary/aromatic N) is 2. The average molecular weight is 352 g/mol. The SMILES string of the molecule is COc1cc(Cc2c(N)nc(N)nc2-c2ccccc2)cc(OC)c1O. The maximum absolute atomic E-state index is 10.1. The summed E-state index contributed by atoms with van der Waals surface area (Å²) in [5, 5.41) is 10.1. The molecule has 0 radical (unpaired) electrons. The Morgan fingerprint density at radius 2 is 1.58 bits per heavy atom. The summed E-state index contributed by atoms with van der Waals surface area (Å²) >= 11 is 0. The van der Waals surface area contributed by atoms with Crippen LogP contribution in [0.5, 0.6) is 17.2 Å². The molecular formula is C19H20N4O3. The zero-order valence-corrected chi connectivity index (χ0v) is 14.6. The highest BCUT2D eigenvalue weighted by atomic mass is 16.5. The number of anilines is 2. The van der Waals surface area contributed by atoms with E-state index in [9.17, 15) is 5.11 Å². The first-order chi connectivity index (χ1) is 12.5. The molecule has 1 aromatic heterocycles. The van der Waals surface area contributed by atoms with Crippen LogP contribution in [0, 0.1) is 0 Å². The highest BCUT2D eigenvalue weighted by Gasteiger charge is 2.17. The fourth-order valence-corrected chi connectivity index (χ4v) is 2.78. The second-order valence-electron chi connectivity index (χ2n) is 5.69. The van der Waals surface area contributed by atoms with Crippen molar-refractivity contribution in [3.05, 3.63) is 53.6 Å². The number of aromatic hydroxyl groups is 1. The maximum Gasteiger partial charge on any atom is 0.222 e. The third kappa shape index (κ3) is 3.32. The van der Waals surface area contributed by atoms with E-state index in [-0.39, 0.29) is 11.7 Å². The smallest absolute Gasteiger partial charge is 0.222 e. The lowest BCUT2D eigenvalue weighted by molar-refractivity contribution is 0.339. The molecule has 0 amide bonds. The van der Waals surface area contributed by atoms with Gasteiger partial charge in [-0.1, -0.05) is 30.3 Å². The second kappa shape index (κ2) is 7.18. The molecule has 0 saturated heterocycles. The summed E-state index contributed by atoms with van der Waals surface area (Å²) in [5.74, 6) is 1.00. The number of benzene rings is 2. The Morgan fingerprint density at radius 3 is 2.15 bits per heavy atom. The van der Waals surface area contributed by atoms with Gasteiger partial charge in [-0.2, -0.15) is 4.98 Å². The molecule has 26 heavy (non-hydrogen) atoms. The van der Waals surface area contributed by atoms with E-state index in [1.807, 2.05) is 30.3 Å². The van der Waals surface area contributed by atoms with Crippen molar-refractivity contribution in [1.29, 1.82) is 0 Å². The number of nitrogen functional groups attached to an aromatic ring is 2. The van der Waals surface area contributed by atoms with E-state index in [0.29, 0.717) is 29.4 Å². The third-order valence-electron chi connectivity index (χ3n) is 4.02. The van der Waals surface area contributed by atoms with Crippen LogP contribution in [0.4, 0.5) is 11.8 Å². The van der Waals surface area contributed by atoms with Crippen molar-refractivity contribution in [3.63, 3.8) is 0 Å². The van der Waals surface area contributed by atoms with Gasteiger partial charge in [0.2, 0.25) is 11.7 Å². The lowest BCUT2D eigenvalue weighted by Gasteiger charge is -2.14. The standard InChI is InChI=1S/C19H20N4O3/c1-25-14-9-11(10-15(26-2)17(14)24)8-13-16(12-6-4-3-5-7-12)22-19(21)23-18(13)20/h3-7,9-10,24H,8H2,1-2H3,(H4,20,21,22,23). The molecule has 0 aliphatic carbocycles. The van der Waals surface area contributed by atoms with Crippen molar-refractivity contribution in [2.24, 2.45) is 0 Å². The minimum absolute atomic E-state index is 0.0523. The summed E-state index contributed by atoms with van der Waals surface area (Å²) in [6.07, 6.45) is 0.420. The van der Waals surface area contributed by atoms with Crippen LogP contribution in [-0.2, 0) is 6.42 Å². The quantitative estimate of drug-likeness (QED) is 0.646. The number of hydrogen-bond donors (Lipinski definition) is 3. The summed E-state index contributed by atoms with van der Waals surface area (Å²) in [6, 6.07) is 13.1. The lowest BCUT2D eigenvalue weighted by atomic mass is 9.99. The molecule has 3 rings (SSSR count). The molecule has 3 aromatic rings. The van der Waals surface area contributed by atoms with Crippen LogP contribution in [0.25, 0.3) is 11.3 Å². The van der Waals surface area contributed by atoms with Gasteiger partial charge in [0.15, 0.2) is 11.5 Å². The number of methoxy groups -OCH3 is 2. The number of hydrogen-bond acceptors (Lipinski definition) is 7. The lowest BCUT2D eigenvalue weighted by Crippen LogP contribution is -2.07. The molecule has 0 spiro atoms. The first kappa shape index (κ1) is 17.3. The molecule has 0 saturated carbocycles. The van der Waals surface area contributed by atoms with Crippen LogP contribution in [0.2, 0.25) is 0 Å². The van der Waals surface area contributed by atoms with E-state index < -0.39 is 0 Å². The van der Waals surface area contributed by atoms with Crippen LogP contribution in [-0.4, -0.2) is 29.3 Å². The Labute approximate surface area is 151 Å². The van der Waals surface area contributed by atoms with Crippen molar-refractivity contribution < 1.29 is 14.6 Å². The van der Waals surface area contributed by atoms with Crippen molar-refractivity contribution in [2.45, 2.75) is 6.42 Å². The van der Waals surface area contributed by atoms with Crippen LogP contribution in [0.3, 0.4) is 0 Å². The highest BCUT2D eigenvalue weighted by molar-refractivity contribution is 5.70.